The number of nitrogens with zero attached hydrogens (tertiary/aromatic N) is 2. The Morgan fingerprint density at radius 3 is 2.13 bits per heavy atom. The lowest BCUT2D eigenvalue weighted by Crippen LogP contribution is -2.32. The van der Waals surface area contributed by atoms with Crippen LogP contribution in [0.3, 0.4) is 0 Å². The Morgan fingerprint density at radius 1 is 1.13 bits per heavy atom. The van der Waals surface area contributed by atoms with Gasteiger partial charge in [-0.25, -0.2) is 8.42 Å². The number of carbonyl (C=O) groups excluding carboxylic acids is 1. The van der Waals surface area contributed by atoms with Crippen LogP contribution in [-0.2, 0) is 10.0 Å². The first-order valence-corrected chi connectivity index (χ1v) is 9.13. The van der Waals surface area contributed by atoms with Crippen LogP contribution in [0, 0.1) is 0 Å². The minimum absolute atomic E-state index is 0.200. The molecule has 0 saturated carbocycles. The van der Waals surface area contributed by atoms with Crippen molar-refractivity contribution in [3.8, 4) is 11.5 Å². The molecule has 0 N–H and O–H groups in total. The number of ether oxygens (including phenoxy) is 2. The third-order valence-corrected chi connectivity index (χ3v) is 5.15. The average Bonchev–Trinajstić information content (AvgIpc) is 3.05. The lowest BCUT2D eigenvalue weighted by Gasteiger charge is -2.24. The minimum Gasteiger partial charge on any atom is -0.493 e. The number of hydrogen-bond acceptors (Lipinski definition) is 5. The molecular weight excluding hydrogens is 320 g/mol. The molecule has 1 aromatic carbocycles. The van der Waals surface area contributed by atoms with E-state index in [1.54, 1.807) is 4.90 Å². The standard InChI is InChI=1S/C15H22N2O5S/c1-16(23(4,19)20)12-10-14(22-3)13(21-2)9-11(12)15(18)17-7-5-6-8-17/h9-10H,5-8H2,1-4H3. The summed E-state index contributed by atoms with van der Waals surface area (Å²) in [6.45, 7) is 1.35. The number of rotatable bonds is 5. The van der Waals surface area contributed by atoms with Gasteiger partial charge >= 0.3 is 0 Å². The maximum atomic E-state index is 12.8. The van der Waals surface area contributed by atoms with E-state index in [0.29, 0.717) is 24.6 Å². The number of carbonyl (C=O) groups is 1. The van der Waals surface area contributed by atoms with Crippen molar-refractivity contribution >= 4 is 21.6 Å². The van der Waals surface area contributed by atoms with E-state index in [1.165, 1.54) is 33.4 Å². The van der Waals surface area contributed by atoms with Crippen LogP contribution < -0.4 is 13.8 Å². The van der Waals surface area contributed by atoms with Gasteiger partial charge in [-0.2, -0.15) is 0 Å². The van der Waals surface area contributed by atoms with Crippen LogP contribution in [0.4, 0.5) is 5.69 Å². The summed E-state index contributed by atoms with van der Waals surface area (Å²) in [5.41, 5.74) is 0.569. The van der Waals surface area contributed by atoms with Crippen molar-refractivity contribution in [3.63, 3.8) is 0 Å². The first kappa shape index (κ1) is 17.4. The fourth-order valence-corrected chi connectivity index (χ4v) is 3.08. The number of likely N-dealkylation sites (tertiary alicyclic amines) is 1. The highest BCUT2D eigenvalue weighted by molar-refractivity contribution is 7.92. The van der Waals surface area contributed by atoms with Gasteiger partial charge < -0.3 is 14.4 Å². The monoisotopic (exact) mass is 342 g/mol. The second-order valence-electron chi connectivity index (χ2n) is 5.45. The first-order chi connectivity index (χ1) is 10.8. The summed E-state index contributed by atoms with van der Waals surface area (Å²) in [5, 5.41) is 0. The number of sulfonamides is 1. The summed E-state index contributed by atoms with van der Waals surface area (Å²) >= 11 is 0. The molecule has 0 atom stereocenters. The van der Waals surface area contributed by atoms with Crippen molar-refractivity contribution in [1.29, 1.82) is 0 Å². The fraction of sp³-hybridized carbons (Fsp3) is 0.533. The lowest BCUT2D eigenvalue weighted by atomic mass is 10.1. The third kappa shape index (κ3) is 3.52. The van der Waals surface area contributed by atoms with Gasteiger partial charge in [-0.05, 0) is 18.9 Å². The molecule has 1 saturated heterocycles. The number of methoxy groups -OCH3 is 2. The molecule has 1 aromatic rings. The van der Waals surface area contributed by atoms with Crippen LogP contribution in [0.15, 0.2) is 12.1 Å². The molecule has 1 fully saturated rings. The molecule has 1 aliphatic rings. The largest absolute Gasteiger partial charge is 0.493 e. The Hall–Kier alpha value is -1.96. The lowest BCUT2D eigenvalue weighted by molar-refractivity contribution is 0.0793. The zero-order valence-electron chi connectivity index (χ0n) is 13.8. The van der Waals surface area contributed by atoms with Crippen molar-refractivity contribution in [2.75, 3.05) is 44.9 Å². The molecule has 8 heteroatoms. The SMILES string of the molecule is COc1cc(C(=O)N2CCCC2)c(N(C)S(C)(=O)=O)cc1OC. The Balaban J connectivity index is 2.59. The van der Waals surface area contributed by atoms with E-state index in [-0.39, 0.29) is 17.2 Å². The summed E-state index contributed by atoms with van der Waals surface area (Å²) in [5.74, 6) is 0.561. The average molecular weight is 342 g/mol. The van der Waals surface area contributed by atoms with Crippen molar-refractivity contribution in [2.45, 2.75) is 12.8 Å². The van der Waals surface area contributed by atoms with Gasteiger partial charge in [0.1, 0.15) is 0 Å². The zero-order chi connectivity index (χ0) is 17.2. The number of benzene rings is 1. The van der Waals surface area contributed by atoms with Gasteiger partial charge in [0.15, 0.2) is 11.5 Å². The van der Waals surface area contributed by atoms with E-state index in [9.17, 15) is 13.2 Å². The molecular formula is C15H22N2O5S. The van der Waals surface area contributed by atoms with Crippen LogP contribution in [0.1, 0.15) is 23.2 Å². The van der Waals surface area contributed by atoms with Crippen LogP contribution in [0.2, 0.25) is 0 Å². The topological polar surface area (TPSA) is 76.2 Å². The van der Waals surface area contributed by atoms with Gasteiger partial charge in [0, 0.05) is 26.2 Å². The molecule has 128 valence electrons. The summed E-state index contributed by atoms with van der Waals surface area (Å²) in [6.07, 6.45) is 3.00. The first-order valence-electron chi connectivity index (χ1n) is 7.28. The highest BCUT2D eigenvalue weighted by Gasteiger charge is 2.27. The number of hydrogen-bond donors (Lipinski definition) is 0. The van der Waals surface area contributed by atoms with E-state index in [0.717, 1.165) is 23.4 Å². The summed E-state index contributed by atoms with van der Waals surface area (Å²) in [7, 11) is 0.837. The molecule has 2 rings (SSSR count). The van der Waals surface area contributed by atoms with Gasteiger partial charge in [-0.3, -0.25) is 9.10 Å². The maximum absolute atomic E-state index is 12.8. The van der Waals surface area contributed by atoms with Crippen LogP contribution >= 0.6 is 0 Å². The molecule has 1 aliphatic heterocycles. The highest BCUT2D eigenvalue weighted by atomic mass is 32.2. The third-order valence-electron chi connectivity index (χ3n) is 3.96. The van der Waals surface area contributed by atoms with E-state index in [2.05, 4.69) is 0 Å². The van der Waals surface area contributed by atoms with E-state index >= 15 is 0 Å². The Kier molecular flexibility index (Phi) is 5.03. The van der Waals surface area contributed by atoms with Gasteiger partial charge in [0.2, 0.25) is 10.0 Å². The van der Waals surface area contributed by atoms with Crippen LogP contribution in [0.5, 0.6) is 11.5 Å². The molecule has 7 nitrogen and oxygen atoms in total. The zero-order valence-corrected chi connectivity index (χ0v) is 14.6. The molecule has 0 bridgehead atoms. The fourth-order valence-electron chi connectivity index (χ4n) is 2.57. The molecule has 1 heterocycles. The Morgan fingerprint density at radius 2 is 1.65 bits per heavy atom. The van der Waals surface area contributed by atoms with Gasteiger partial charge in [-0.15, -0.1) is 0 Å². The van der Waals surface area contributed by atoms with Crippen LogP contribution in [-0.4, -0.2) is 59.8 Å². The Labute approximate surface area is 136 Å². The second kappa shape index (κ2) is 6.66. The smallest absolute Gasteiger partial charge is 0.256 e. The Bertz CT molecular complexity index is 696. The van der Waals surface area contributed by atoms with Crippen molar-refractivity contribution < 1.29 is 22.7 Å². The van der Waals surface area contributed by atoms with Crippen molar-refractivity contribution in [3.05, 3.63) is 17.7 Å². The molecule has 0 radical (unpaired) electrons. The summed E-state index contributed by atoms with van der Waals surface area (Å²) in [6, 6.07) is 3.06. The number of amides is 1. The molecule has 23 heavy (non-hydrogen) atoms. The van der Waals surface area contributed by atoms with Crippen LogP contribution in [0.25, 0.3) is 0 Å². The molecule has 0 aliphatic carbocycles. The quantitative estimate of drug-likeness (QED) is 0.807. The summed E-state index contributed by atoms with van der Waals surface area (Å²) in [4.78, 5) is 14.5. The van der Waals surface area contributed by atoms with E-state index in [1.807, 2.05) is 0 Å². The van der Waals surface area contributed by atoms with E-state index in [4.69, 9.17) is 9.47 Å². The highest BCUT2D eigenvalue weighted by Crippen LogP contribution is 2.36. The molecule has 1 amide bonds. The predicted octanol–water partition coefficient (Wildman–Crippen LogP) is 1.34. The second-order valence-corrected chi connectivity index (χ2v) is 7.47. The predicted molar refractivity (Wildman–Crippen MR) is 87.9 cm³/mol. The van der Waals surface area contributed by atoms with Gasteiger partial charge in [-0.1, -0.05) is 0 Å². The molecule has 0 aromatic heterocycles. The molecule has 0 unspecified atom stereocenters. The summed E-state index contributed by atoms with van der Waals surface area (Å²) < 4.78 is 35.4. The van der Waals surface area contributed by atoms with Crippen molar-refractivity contribution in [2.24, 2.45) is 0 Å². The van der Waals surface area contributed by atoms with Gasteiger partial charge in [0.05, 0.1) is 31.7 Å². The maximum Gasteiger partial charge on any atom is 0.256 e. The normalized spacial score (nSPS) is 14.7. The van der Waals surface area contributed by atoms with Gasteiger partial charge in [0.25, 0.3) is 5.91 Å². The van der Waals surface area contributed by atoms with Crippen molar-refractivity contribution in [1.82, 2.24) is 4.90 Å². The molecule has 0 spiro atoms. The number of anilines is 1. The minimum atomic E-state index is -3.51. The van der Waals surface area contributed by atoms with E-state index < -0.39 is 10.0 Å².